The molecular formula is C32H37F2N7O4. The SMILES string of the molecule is COC(=O)N(C)[C@@H]1[C@H](N)C[C@H](c2ccncc2Nc2ncc3ccc(-c4c(F)cc(C5(O)CCOCC5)cc4F)nn23)C[C@@H]1C. The van der Waals surface area contributed by atoms with Crippen molar-refractivity contribution in [1.82, 2.24) is 24.5 Å². The second-order valence-corrected chi connectivity index (χ2v) is 12.1. The number of likely N-dealkylation sites (N-methyl/N-ethyl adjacent to an activating group) is 1. The van der Waals surface area contributed by atoms with Crippen LogP contribution in [-0.4, -0.2) is 75.1 Å². The van der Waals surface area contributed by atoms with Gasteiger partial charge in [-0.05, 0) is 66.1 Å². The standard InChI is InChI=1S/C32H37F2N7O4/c1-18-12-19(13-25(35)29(18)40(2)31(42)44-3)22-6-9-36-17-27(22)38-30-37-16-21-4-5-26(39-41(21)30)28-23(33)14-20(15-24(28)34)32(43)7-10-45-11-8-32/h4-6,9,14-19,25,29,43H,7-8,10-13,35H2,1-3H3,(H,37,38)/t18-,19+,25+,29-/m0/s1. The van der Waals surface area contributed by atoms with Crippen molar-refractivity contribution < 1.29 is 28.2 Å². The number of methoxy groups -OCH3 is 1. The molecule has 4 atom stereocenters. The molecule has 0 radical (unpaired) electrons. The second kappa shape index (κ2) is 12.3. The van der Waals surface area contributed by atoms with Crippen LogP contribution in [0.3, 0.4) is 0 Å². The van der Waals surface area contributed by atoms with Gasteiger partial charge < -0.3 is 30.5 Å². The van der Waals surface area contributed by atoms with Gasteiger partial charge in [-0.2, -0.15) is 9.61 Å². The highest BCUT2D eigenvalue weighted by atomic mass is 19.1. The molecule has 4 N–H and O–H groups in total. The number of ether oxygens (including phenoxy) is 2. The summed E-state index contributed by atoms with van der Waals surface area (Å²) in [6.45, 7) is 2.70. The molecule has 1 aromatic carbocycles. The van der Waals surface area contributed by atoms with E-state index in [4.69, 9.17) is 15.2 Å². The van der Waals surface area contributed by atoms with Crippen molar-refractivity contribution in [3.8, 4) is 11.3 Å². The number of hydrogen-bond acceptors (Lipinski definition) is 9. The van der Waals surface area contributed by atoms with Crippen molar-refractivity contribution in [3.05, 3.63) is 71.7 Å². The fourth-order valence-corrected chi connectivity index (χ4v) is 6.93. The lowest BCUT2D eigenvalue weighted by molar-refractivity contribution is -0.0682. The topological polar surface area (TPSA) is 140 Å². The average molecular weight is 622 g/mol. The van der Waals surface area contributed by atoms with E-state index in [-0.39, 0.29) is 53.6 Å². The molecular weight excluding hydrogens is 584 g/mol. The van der Waals surface area contributed by atoms with E-state index in [0.717, 1.165) is 12.0 Å². The molecule has 2 aliphatic rings. The molecule has 1 saturated heterocycles. The molecule has 3 aromatic heterocycles. The molecule has 238 valence electrons. The van der Waals surface area contributed by atoms with Gasteiger partial charge >= 0.3 is 6.09 Å². The summed E-state index contributed by atoms with van der Waals surface area (Å²) in [5.41, 5.74) is 7.52. The lowest BCUT2D eigenvalue weighted by Crippen LogP contribution is -2.55. The highest BCUT2D eigenvalue weighted by molar-refractivity contribution is 5.68. The maximum absolute atomic E-state index is 15.4. The third-order valence-corrected chi connectivity index (χ3v) is 9.23. The van der Waals surface area contributed by atoms with Crippen LogP contribution in [-0.2, 0) is 15.1 Å². The number of nitrogens with two attached hydrogens (primary N) is 1. The summed E-state index contributed by atoms with van der Waals surface area (Å²) >= 11 is 0. The minimum atomic E-state index is -1.35. The summed E-state index contributed by atoms with van der Waals surface area (Å²) in [6.07, 6.45) is 6.53. The van der Waals surface area contributed by atoms with Gasteiger partial charge in [-0.15, -0.1) is 0 Å². The van der Waals surface area contributed by atoms with E-state index in [1.165, 1.54) is 29.8 Å². The first kappa shape index (κ1) is 30.8. The molecule has 0 spiro atoms. The number of pyridine rings is 1. The number of carbonyl (C=O) groups excluding carboxylic acids is 1. The van der Waals surface area contributed by atoms with Crippen LogP contribution in [0.25, 0.3) is 16.8 Å². The van der Waals surface area contributed by atoms with Gasteiger partial charge in [0.1, 0.15) is 11.6 Å². The summed E-state index contributed by atoms with van der Waals surface area (Å²) < 4.78 is 42.6. The smallest absolute Gasteiger partial charge is 0.409 e. The van der Waals surface area contributed by atoms with Crippen molar-refractivity contribution in [3.63, 3.8) is 0 Å². The van der Waals surface area contributed by atoms with E-state index < -0.39 is 23.3 Å². The summed E-state index contributed by atoms with van der Waals surface area (Å²) in [5, 5.41) is 18.8. The number of fused-ring (bicyclic) bond motifs is 1. The number of halogens is 2. The zero-order valence-electron chi connectivity index (χ0n) is 25.4. The number of aliphatic hydroxyl groups is 1. The number of anilines is 2. The Balaban J connectivity index is 1.28. The number of aromatic nitrogens is 4. The minimum absolute atomic E-state index is 0.0725. The average Bonchev–Trinajstić information content (AvgIpc) is 3.42. The van der Waals surface area contributed by atoms with E-state index in [2.05, 4.69) is 27.3 Å². The number of hydrogen-bond donors (Lipinski definition) is 3. The van der Waals surface area contributed by atoms with Crippen LogP contribution >= 0.6 is 0 Å². The molecule has 1 aliphatic heterocycles. The van der Waals surface area contributed by atoms with Gasteiger partial charge in [-0.25, -0.2) is 18.6 Å². The van der Waals surface area contributed by atoms with Crippen molar-refractivity contribution in [2.75, 3.05) is 32.7 Å². The molecule has 1 aliphatic carbocycles. The lowest BCUT2D eigenvalue weighted by atomic mass is 9.73. The van der Waals surface area contributed by atoms with Gasteiger partial charge in [-0.1, -0.05) is 6.92 Å². The molecule has 0 unspecified atom stereocenters. The Kier molecular flexibility index (Phi) is 8.42. The summed E-state index contributed by atoms with van der Waals surface area (Å²) in [5.74, 6) is -1.13. The van der Waals surface area contributed by atoms with E-state index in [9.17, 15) is 9.90 Å². The number of nitrogens with one attached hydrogen (secondary N) is 1. The molecule has 6 rings (SSSR count). The molecule has 4 heterocycles. The highest BCUT2D eigenvalue weighted by Crippen LogP contribution is 2.41. The first-order valence-electron chi connectivity index (χ1n) is 15.0. The predicted octanol–water partition coefficient (Wildman–Crippen LogP) is 4.72. The largest absolute Gasteiger partial charge is 0.453 e. The molecule has 13 heteroatoms. The number of benzene rings is 1. The first-order valence-corrected chi connectivity index (χ1v) is 15.0. The second-order valence-electron chi connectivity index (χ2n) is 12.1. The Hall–Kier alpha value is -4.20. The molecule has 1 saturated carbocycles. The number of nitrogens with zero attached hydrogens (tertiary/aromatic N) is 5. The highest BCUT2D eigenvalue weighted by Gasteiger charge is 2.39. The van der Waals surface area contributed by atoms with Crippen molar-refractivity contribution >= 4 is 23.2 Å². The molecule has 11 nitrogen and oxygen atoms in total. The van der Waals surface area contributed by atoms with E-state index in [1.807, 2.05) is 6.07 Å². The number of amides is 1. The van der Waals surface area contributed by atoms with Crippen LogP contribution in [0.4, 0.5) is 25.2 Å². The van der Waals surface area contributed by atoms with Gasteiger partial charge in [0.25, 0.3) is 0 Å². The fourth-order valence-electron chi connectivity index (χ4n) is 6.93. The van der Waals surface area contributed by atoms with Gasteiger partial charge in [0.15, 0.2) is 0 Å². The van der Waals surface area contributed by atoms with E-state index in [0.29, 0.717) is 36.8 Å². The Bertz CT molecular complexity index is 1680. The fraction of sp³-hybridized carbons (Fsp3) is 0.438. The number of carbonyl (C=O) groups is 1. The van der Waals surface area contributed by atoms with Gasteiger partial charge in [-0.3, -0.25) is 4.98 Å². The monoisotopic (exact) mass is 621 g/mol. The number of rotatable bonds is 6. The quantitative estimate of drug-likeness (QED) is 0.279. The van der Waals surface area contributed by atoms with Gasteiger partial charge in [0.05, 0.1) is 53.6 Å². The van der Waals surface area contributed by atoms with Crippen LogP contribution in [0.1, 0.15) is 49.7 Å². The maximum atomic E-state index is 15.4. The van der Waals surface area contributed by atoms with Crippen molar-refractivity contribution in [2.24, 2.45) is 11.7 Å². The van der Waals surface area contributed by atoms with Gasteiger partial charge in [0.2, 0.25) is 5.95 Å². The lowest BCUT2D eigenvalue weighted by Gasteiger charge is -2.43. The van der Waals surface area contributed by atoms with E-state index >= 15 is 8.78 Å². The maximum Gasteiger partial charge on any atom is 0.409 e. The Labute approximate surface area is 259 Å². The summed E-state index contributed by atoms with van der Waals surface area (Å²) in [7, 11) is 3.06. The molecule has 45 heavy (non-hydrogen) atoms. The molecule has 1 amide bonds. The zero-order chi connectivity index (χ0) is 31.9. The third-order valence-electron chi connectivity index (χ3n) is 9.23. The van der Waals surface area contributed by atoms with Crippen LogP contribution in [0.5, 0.6) is 0 Å². The number of imidazole rings is 1. The van der Waals surface area contributed by atoms with E-state index in [1.54, 1.807) is 36.6 Å². The van der Waals surface area contributed by atoms with Crippen LogP contribution in [0.2, 0.25) is 0 Å². The van der Waals surface area contributed by atoms with Crippen LogP contribution < -0.4 is 11.1 Å². The van der Waals surface area contributed by atoms with Crippen molar-refractivity contribution in [2.45, 2.75) is 56.2 Å². The summed E-state index contributed by atoms with van der Waals surface area (Å²) in [6, 6.07) is 7.06. The molecule has 4 aromatic rings. The molecule has 2 fully saturated rings. The third kappa shape index (κ3) is 5.83. The predicted molar refractivity (Wildman–Crippen MR) is 163 cm³/mol. The normalized spacial score (nSPS) is 23.1. The van der Waals surface area contributed by atoms with Gasteiger partial charge in [0, 0.05) is 45.3 Å². The first-order chi connectivity index (χ1) is 21.6. The zero-order valence-corrected chi connectivity index (χ0v) is 25.4. The van der Waals surface area contributed by atoms with Crippen LogP contribution in [0.15, 0.2) is 48.9 Å². The summed E-state index contributed by atoms with van der Waals surface area (Å²) in [4.78, 5) is 22.6. The molecule has 0 bridgehead atoms. The Morgan fingerprint density at radius 3 is 2.60 bits per heavy atom. The van der Waals surface area contributed by atoms with Crippen LogP contribution in [0, 0.1) is 17.6 Å². The minimum Gasteiger partial charge on any atom is -0.453 e. The Morgan fingerprint density at radius 1 is 1.18 bits per heavy atom. The Morgan fingerprint density at radius 2 is 1.91 bits per heavy atom. The van der Waals surface area contributed by atoms with Crippen molar-refractivity contribution in [1.29, 1.82) is 0 Å².